The summed E-state index contributed by atoms with van der Waals surface area (Å²) in [6.45, 7) is 1.88. The van der Waals surface area contributed by atoms with Crippen LogP contribution < -0.4 is 5.73 Å². The van der Waals surface area contributed by atoms with Crippen LogP contribution in [0.1, 0.15) is 16.1 Å². The third-order valence-electron chi connectivity index (χ3n) is 5.53. The van der Waals surface area contributed by atoms with Gasteiger partial charge in [-0.15, -0.1) is 12.4 Å². The maximum absolute atomic E-state index is 14.5. The van der Waals surface area contributed by atoms with Crippen molar-refractivity contribution >= 4 is 39.2 Å². The summed E-state index contributed by atoms with van der Waals surface area (Å²) in [5, 5.41) is 0.794. The topological polar surface area (TPSA) is 88.6 Å². The van der Waals surface area contributed by atoms with Crippen LogP contribution in [0.3, 0.4) is 0 Å². The van der Waals surface area contributed by atoms with Gasteiger partial charge in [0, 0.05) is 56.9 Å². The molecule has 3 rings (SSSR count). The Morgan fingerprint density at radius 3 is 2.38 bits per heavy atom. The number of hydrogen-bond acceptors (Lipinski definition) is 4. The quantitative estimate of drug-likeness (QED) is 0.525. The molecule has 0 bridgehead atoms. The molecule has 0 atom stereocenters. The summed E-state index contributed by atoms with van der Waals surface area (Å²) in [4.78, 5) is 14.2. The van der Waals surface area contributed by atoms with E-state index in [1.54, 1.807) is 49.0 Å². The Morgan fingerprint density at radius 1 is 1.12 bits per heavy atom. The second-order valence-corrected chi connectivity index (χ2v) is 10.3. The molecule has 0 saturated carbocycles. The van der Waals surface area contributed by atoms with E-state index < -0.39 is 15.9 Å². The first-order valence-electron chi connectivity index (χ1n) is 10.4. The monoisotopic (exact) mass is 508 g/mol. The van der Waals surface area contributed by atoms with Crippen molar-refractivity contribution in [3.63, 3.8) is 0 Å². The molecule has 184 valence electrons. The summed E-state index contributed by atoms with van der Waals surface area (Å²) >= 11 is 0. The van der Waals surface area contributed by atoms with Crippen molar-refractivity contribution in [2.75, 3.05) is 34.7 Å². The molecule has 2 aromatic carbocycles. The Balaban J connectivity index is 0.00000408. The highest BCUT2D eigenvalue weighted by Gasteiger charge is 2.22. The number of hydrogen-bond donors (Lipinski definition) is 1. The van der Waals surface area contributed by atoms with Crippen LogP contribution in [0.25, 0.3) is 22.0 Å². The second-order valence-electron chi connectivity index (χ2n) is 8.18. The standard InChI is InChI=1S/C24H29FN4O3S.ClH/c1-16-23(17-7-6-8-20(13-17)33(31,32)28(4)5)21-10-9-18(24(30)27(2)3)14-22(21)29(16)15-19(25)11-12-26;/h6-11,13-14H,12,15,26H2,1-5H3;1H/b19-11-;. The van der Waals surface area contributed by atoms with Crippen LogP contribution in [0.4, 0.5) is 4.39 Å². The van der Waals surface area contributed by atoms with E-state index in [9.17, 15) is 17.6 Å². The van der Waals surface area contributed by atoms with Gasteiger partial charge in [0.15, 0.2) is 0 Å². The van der Waals surface area contributed by atoms with Crippen molar-refractivity contribution in [1.82, 2.24) is 13.8 Å². The number of nitrogens with two attached hydrogens (primary N) is 1. The first-order valence-corrected chi connectivity index (χ1v) is 11.8. The number of amides is 1. The van der Waals surface area contributed by atoms with Gasteiger partial charge in [0.2, 0.25) is 10.0 Å². The predicted octanol–water partition coefficient (Wildman–Crippen LogP) is 3.80. The first-order chi connectivity index (χ1) is 15.5. The Kier molecular flexibility index (Phi) is 8.65. The van der Waals surface area contributed by atoms with Gasteiger partial charge in [-0.05, 0) is 42.8 Å². The number of allylic oxidation sites excluding steroid dienone is 1. The van der Waals surface area contributed by atoms with E-state index in [0.29, 0.717) is 16.6 Å². The number of carbonyl (C=O) groups excluding carboxylic acids is 1. The van der Waals surface area contributed by atoms with Gasteiger partial charge in [0.25, 0.3) is 5.91 Å². The molecule has 1 amide bonds. The number of halogens is 2. The lowest BCUT2D eigenvalue weighted by molar-refractivity contribution is 0.0827. The molecule has 10 heteroatoms. The highest BCUT2D eigenvalue weighted by molar-refractivity contribution is 7.89. The minimum atomic E-state index is -3.63. The van der Waals surface area contributed by atoms with Crippen LogP contribution >= 0.6 is 12.4 Å². The number of benzene rings is 2. The van der Waals surface area contributed by atoms with Gasteiger partial charge >= 0.3 is 0 Å². The van der Waals surface area contributed by atoms with Gasteiger partial charge in [-0.2, -0.15) is 0 Å². The molecule has 0 unspecified atom stereocenters. The summed E-state index contributed by atoms with van der Waals surface area (Å²) in [7, 11) is 2.67. The van der Waals surface area contributed by atoms with E-state index in [-0.39, 0.29) is 36.3 Å². The lowest BCUT2D eigenvalue weighted by atomic mass is 10.0. The number of nitrogens with zero attached hydrogens (tertiary/aromatic N) is 3. The van der Waals surface area contributed by atoms with Gasteiger partial charge in [-0.1, -0.05) is 18.2 Å². The largest absolute Gasteiger partial charge is 0.345 e. The van der Waals surface area contributed by atoms with Gasteiger partial charge in [0.1, 0.15) is 5.83 Å². The Bertz CT molecular complexity index is 1350. The molecular formula is C24H30ClFN4O3S. The third-order valence-corrected chi connectivity index (χ3v) is 7.34. The maximum Gasteiger partial charge on any atom is 0.253 e. The van der Waals surface area contributed by atoms with E-state index >= 15 is 0 Å². The minimum Gasteiger partial charge on any atom is -0.345 e. The van der Waals surface area contributed by atoms with Crippen molar-refractivity contribution in [3.8, 4) is 11.1 Å². The molecule has 0 saturated heterocycles. The molecular weight excluding hydrogens is 479 g/mol. The molecule has 3 aromatic rings. The van der Waals surface area contributed by atoms with Crippen molar-refractivity contribution in [1.29, 1.82) is 0 Å². The summed E-state index contributed by atoms with van der Waals surface area (Å²) in [6, 6.07) is 12.0. The lowest BCUT2D eigenvalue weighted by Gasteiger charge is -2.13. The lowest BCUT2D eigenvalue weighted by Crippen LogP contribution is -2.22. The van der Waals surface area contributed by atoms with E-state index in [1.165, 1.54) is 25.1 Å². The summed E-state index contributed by atoms with van der Waals surface area (Å²) in [6.07, 6.45) is 1.31. The zero-order valence-corrected chi connectivity index (χ0v) is 21.5. The fourth-order valence-electron chi connectivity index (χ4n) is 3.80. The van der Waals surface area contributed by atoms with Gasteiger partial charge in [0.05, 0.1) is 17.0 Å². The fraction of sp³-hybridized carbons (Fsp3) is 0.292. The highest BCUT2D eigenvalue weighted by atomic mass is 35.5. The maximum atomic E-state index is 14.5. The molecule has 0 fully saturated rings. The fourth-order valence-corrected chi connectivity index (χ4v) is 4.75. The zero-order valence-electron chi connectivity index (χ0n) is 19.9. The normalized spacial score (nSPS) is 12.2. The average molecular weight is 509 g/mol. The summed E-state index contributed by atoms with van der Waals surface area (Å²) < 4.78 is 42.8. The number of aromatic nitrogens is 1. The van der Waals surface area contributed by atoms with E-state index in [2.05, 4.69) is 0 Å². The molecule has 7 nitrogen and oxygen atoms in total. The zero-order chi connectivity index (χ0) is 24.5. The van der Waals surface area contributed by atoms with Crippen LogP contribution in [0, 0.1) is 6.92 Å². The van der Waals surface area contributed by atoms with Gasteiger partial charge in [-0.3, -0.25) is 4.79 Å². The van der Waals surface area contributed by atoms with Crippen LogP contribution in [0.2, 0.25) is 0 Å². The average Bonchev–Trinajstić information content (AvgIpc) is 3.03. The Labute approximate surface area is 206 Å². The molecule has 0 aliphatic heterocycles. The van der Waals surface area contributed by atoms with Gasteiger partial charge in [-0.25, -0.2) is 17.1 Å². The molecule has 0 radical (unpaired) electrons. The molecule has 1 aromatic heterocycles. The van der Waals surface area contributed by atoms with Gasteiger partial charge < -0.3 is 15.2 Å². The molecule has 0 spiro atoms. The van der Waals surface area contributed by atoms with E-state index in [0.717, 1.165) is 20.9 Å². The van der Waals surface area contributed by atoms with E-state index in [1.807, 2.05) is 19.1 Å². The van der Waals surface area contributed by atoms with Crippen LogP contribution in [-0.2, 0) is 16.6 Å². The number of carbonyl (C=O) groups is 1. The highest BCUT2D eigenvalue weighted by Crippen LogP contribution is 2.37. The summed E-state index contributed by atoms with van der Waals surface area (Å²) in [5.74, 6) is -0.557. The van der Waals surface area contributed by atoms with Crippen molar-refractivity contribution in [2.45, 2.75) is 18.4 Å². The van der Waals surface area contributed by atoms with Crippen molar-refractivity contribution in [2.24, 2.45) is 5.73 Å². The third kappa shape index (κ3) is 5.17. The number of sulfonamides is 1. The van der Waals surface area contributed by atoms with E-state index in [4.69, 9.17) is 5.73 Å². The number of fused-ring (bicyclic) bond motifs is 1. The molecule has 34 heavy (non-hydrogen) atoms. The van der Waals surface area contributed by atoms with Crippen LogP contribution in [0.5, 0.6) is 0 Å². The second kappa shape index (κ2) is 10.7. The molecule has 2 N–H and O–H groups in total. The Hall–Kier alpha value is -2.72. The SMILES string of the molecule is Cc1c(-c2cccc(S(=O)(=O)N(C)C)c2)c2ccc(C(=O)N(C)C)cc2n1C/C(F)=C/CN.Cl. The van der Waals surface area contributed by atoms with Crippen LogP contribution in [-0.4, -0.2) is 62.8 Å². The molecule has 0 aliphatic rings. The first kappa shape index (κ1) is 27.5. The van der Waals surface area contributed by atoms with Crippen LogP contribution in [0.15, 0.2) is 59.3 Å². The Morgan fingerprint density at radius 2 is 1.79 bits per heavy atom. The molecule has 0 aliphatic carbocycles. The number of rotatable bonds is 7. The van der Waals surface area contributed by atoms with Crippen molar-refractivity contribution < 1.29 is 17.6 Å². The van der Waals surface area contributed by atoms with Crippen molar-refractivity contribution in [3.05, 3.63) is 65.6 Å². The minimum absolute atomic E-state index is 0. The smallest absolute Gasteiger partial charge is 0.253 e. The predicted molar refractivity (Wildman–Crippen MR) is 136 cm³/mol. The summed E-state index contributed by atoms with van der Waals surface area (Å²) in [5.41, 5.74) is 8.85. The molecule has 1 heterocycles.